The lowest BCUT2D eigenvalue weighted by atomic mass is 10.1. The summed E-state index contributed by atoms with van der Waals surface area (Å²) < 4.78 is 5.83. The van der Waals surface area contributed by atoms with Crippen LogP contribution in [0.2, 0.25) is 5.02 Å². The predicted octanol–water partition coefficient (Wildman–Crippen LogP) is 4.88. The van der Waals surface area contributed by atoms with E-state index in [0.717, 1.165) is 12.8 Å². The molecule has 0 bridgehead atoms. The van der Waals surface area contributed by atoms with Gasteiger partial charge in [-0.1, -0.05) is 54.1 Å². The molecular formula is C23H24ClN3O3. The second-order valence-corrected chi connectivity index (χ2v) is 7.35. The molecule has 156 valence electrons. The molecule has 0 fully saturated rings. The number of carbonyl (C=O) groups is 1. The van der Waals surface area contributed by atoms with Crippen LogP contribution in [-0.2, 0) is 12.8 Å². The number of anilines is 1. The number of aromatic carboxylic acids is 1. The maximum absolute atomic E-state index is 11.5. The van der Waals surface area contributed by atoms with Gasteiger partial charge in [0.15, 0.2) is 0 Å². The Bertz CT molecular complexity index is 982. The lowest BCUT2D eigenvalue weighted by Crippen LogP contribution is -2.24. The number of carboxylic acid groups (broad SMARTS) is 1. The Hall–Kier alpha value is -3.12. The number of para-hydroxylation sites is 1. The number of nitrogens with one attached hydrogen (secondary N) is 1. The minimum absolute atomic E-state index is 0.133. The number of aromatic nitrogens is 2. The van der Waals surface area contributed by atoms with Crippen LogP contribution in [0.3, 0.4) is 0 Å². The second kappa shape index (κ2) is 10.6. The van der Waals surface area contributed by atoms with E-state index in [-0.39, 0.29) is 11.7 Å². The highest BCUT2D eigenvalue weighted by Crippen LogP contribution is 2.24. The molecule has 6 nitrogen and oxygen atoms in total. The highest BCUT2D eigenvalue weighted by atomic mass is 35.5. The smallest absolute Gasteiger partial charge is 0.339 e. The molecule has 7 heteroatoms. The molecule has 0 saturated carbocycles. The normalized spacial score (nSPS) is 11.7. The van der Waals surface area contributed by atoms with E-state index in [4.69, 9.17) is 16.3 Å². The molecule has 1 aromatic heterocycles. The van der Waals surface area contributed by atoms with Crippen LogP contribution in [0.4, 0.5) is 5.95 Å². The summed E-state index contributed by atoms with van der Waals surface area (Å²) in [4.78, 5) is 20.1. The van der Waals surface area contributed by atoms with E-state index in [2.05, 4.69) is 27.4 Å². The van der Waals surface area contributed by atoms with Crippen LogP contribution in [0.15, 0.2) is 60.8 Å². The van der Waals surface area contributed by atoms with Crippen molar-refractivity contribution in [2.45, 2.75) is 32.3 Å². The molecule has 2 aromatic carbocycles. The molecule has 0 unspecified atom stereocenters. The number of aryl methyl sites for hydroxylation is 2. The molecule has 2 N–H and O–H groups in total. The third-order valence-corrected chi connectivity index (χ3v) is 4.84. The number of rotatable bonds is 10. The van der Waals surface area contributed by atoms with E-state index in [1.165, 1.54) is 11.8 Å². The maximum atomic E-state index is 11.5. The lowest BCUT2D eigenvalue weighted by Gasteiger charge is -2.16. The molecule has 30 heavy (non-hydrogen) atoms. The number of halogens is 1. The van der Waals surface area contributed by atoms with E-state index in [1.54, 1.807) is 6.07 Å². The van der Waals surface area contributed by atoms with Crippen LogP contribution in [0, 0.1) is 0 Å². The molecule has 0 aliphatic rings. The summed E-state index contributed by atoms with van der Waals surface area (Å²) in [6, 6.07) is 17.4. The van der Waals surface area contributed by atoms with Crippen LogP contribution in [0.1, 0.15) is 35.0 Å². The molecular weight excluding hydrogens is 402 g/mol. The number of ether oxygens (including phenoxy) is 1. The summed E-state index contributed by atoms with van der Waals surface area (Å²) >= 11 is 6.12. The molecule has 0 aliphatic heterocycles. The van der Waals surface area contributed by atoms with Gasteiger partial charge in [-0.2, -0.15) is 0 Å². The topological polar surface area (TPSA) is 84.3 Å². The first-order valence-electron chi connectivity index (χ1n) is 9.81. The Balaban J connectivity index is 1.60. The van der Waals surface area contributed by atoms with Gasteiger partial charge in [-0.05, 0) is 43.9 Å². The number of nitrogens with zero attached hydrogens (tertiary/aromatic N) is 2. The summed E-state index contributed by atoms with van der Waals surface area (Å²) in [5.41, 5.74) is 1.87. The van der Waals surface area contributed by atoms with Gasteiger partial charge >= 0.3 is 5.97 Å². The summed E-state index contributed by atoms with van der Waals surface area (Å²) in [6.07, 6.45) is 3.38. The lowest BCUT2D eigenvalue weighted by molar-refractivity contribution is 0.0694. The van der Waals surface area contributed by atoms with Crippen LogP contribution < -0.4 is 10.1 Å². The van der Waals surface area contributed by atoms with E-state index >= 15 is 0 Å². The van der Waals surface area contributed by atoms with Gasteiger partial charge in [-0.3, -0.25) is 0 Å². The summed E-state index contributed by atoms with van der Waals surface area (Å²) in [5.74, 6) is -0.0341. The summed E-state index contributed by atoms with van der Waals surface area (Å²) in [6.45, 7) is 2.35. The first kappa shape index (κ1) is 21.6. The van der Waals surface area contributed by atoms with Gasteiger partial charge < -0.3 is 15.2 Å². The Morgan fingerprint density at radius 1 is 1.13 bits per heavy atom. The van der Waals surface area contributed by atoms with Crippen LogP contribution in [0.25, 0.3) is 0 Å². The minimum Gasteiger partial charge on any atom is -0.487 e. The quantitative estimate of drug-likeness (QED) is 0.481. The summed E-state index contributed by atoms with van der Waals surface area (Å²) in [5, 5.41) is 13.1. The zero-order valence-electron chi connectivity index (χ0n) is 16.7. The third-order valence-electron chi connectivity index (χ3n) is 4.53. The Labute approximate surface area is 180 Å². The van der Waals surface area contributed by atoms with Crippen molar-refractivity contribution in [1.29, 1.82) is 0 Å². The monoisotopic (exact) mass is 425 g/mol. The highest BCUT2D eigenvalue weighted by molar-refractivity contribution is 6.32. The largest absolute Gasteiger partial charge is 0.487 e. The van der Waals surface area contributed by atoms with Crippen molar-refractivity contribution >= 4 is 23.5 Å². The van der Waals surface area contributed by atoms with Gasteiger partial charge in [0.05, 0.1) is 22.8 Å². The third kappa shape index (κ3) is 6.19. The van der Waals surface area contributed by atoms with Crippen molar-refractivity contribution in [1.82, 2.24) is 9.97 Å². The SMILES string of the molecule is C[C@@H](CNc1ncc(C(=O)O)c(CCCc2ccccc2)n1)Oc1ccccc1Cl. The fourth-order valence-electron chi connectivity index (χ4n) is 3.01. The fourth-order valence-corrected chi connectivity index (χ4v) is 3.19. The van der Waals surface area contributed by atoms with Gasteiger partial charge in [0.1, 0.15) is 11.9 Å². The average molecular weight is 426 g/mol. The van der Waals surface area contributed by atoms with Crippen molar-refractivity contribution < 1.29 is 14.6 Å². The van der Waals surface area contributed by atoms with Crippen LogP contribution in [-0.4, -0.2) is 33.7 Å². The van der Waals surface area contributed by atoms with E-state index < -0.39 is 5.97 Å². The average Bonchev–Trinajstić information content (AvgIpc) is 2.74. The number of hydrogen-bond acceptors (Lipinski definition) is 5. The molecule has 0 spiro atoms. The first-order valence-corrected chi connectivity index (χ1v) is 10.2. The van der Waals surface area contributed by atoms with Gasteiger partial charge in [0, 0.05) is 6.20 Å². The molecule has 0 aliphatic carbocycles. The van der Waals surface area contributed by atoms with E-state index in [9.17, 15) is 9.90 Å². The minimum atomic E-state index is -1.02. The van der Waals surface area contributed by atoms with Gasteiger partial charge in [0.2, 0.25) is 5.95 Å². The van der Waals surface area contributed by atoms with E-state index in [1.807, 2.05) is 43.3 Å². The molecule has 3 aromatic rings. The van der Waals surface area contributed by atoms with Crippen LogP contribution >= 0.6 is 11.6 Å². The Morgan fingerprint density at radius 3 is 2.60 bits per heavy atom. The molecule has 3 rings (SSSR count). The van der Waals surface area contributed by atoms with Crippen molar-refractivity contribution in [3.8, 4) is 5.75 Å². The molecule has 0 amide bonds. The van der Waals surface area contributed by atoms with Crippen molar-refractivity contribution in [3.63, 3.8) is 0 Å². The predicted molar refractivity (Wildman–Crippen MR) is 117 cm³/mol. The van der Waals surface area contributed by atoms with Crippen molar-refractivity contribution in [2.24, 2.45) is 0 Å². The van der Waals surface area contributed by atoms with Gasteiger partial charge in [-0.25, -0.2) is 14.8 Å². The maximum Gasteiger partial charge on any atom is 0.339 e. The van der Waals surface area contributed by atoms with Gasteiger partial charge in [0.25, 0.3) is 0 Å². The fraction of sp³-hybridized carbons (Fsp3) is 0.261. The number of carboxylic acids is 1. The van der Waals surface area contributed by atoms with E-state index in [0.29, 0.717) is 35.4 Å². The van der Waals surface area contributed by atoms with Gasteiger partial charge in [-0.15, -0.1) is 0 Å². The second-order valence-electron chi connectivity index (χ2n) is 6.94. The molecule has 1 atom stereocenters. The highest BCUT2D eigenvalue weighted by Gasteiger charge is 2.14. The zero-order valence-corrected chi connectivity index (χ0v) is 17.5. The standard InChI is InChI=1S/C23H24ClN3O3/c1-16(30-21-13-6-5-11-19(21)24)14-25-23-26-15-18(22(28)29)20(27-23)12-7-10-17-8-3-2-4-9-17/h2-6,8-9,11,13,15-16H,7,10,12,14H2,1H3,(H,28,29)(H,25,26,27)/t16-/m0/s1. The molecule has 0 saturated heterocycles. The van der Waals surface area contributed by atoms with Crippen molar-refractivity contribution in [2.75, 3.05) is 11.9 Å². The first-order chi connectivity index (χ1) is 14.5. The Kier molecular flexibility index (Phi) is 7.63. The summed E-state index contributed by atoms with van der Waals surface area (Å²) in [7, 11) is 0. The zero-order chi connectivity index (χ0) is 21.3. The molecule has 1 heterocycles. The Morgan fingerprint density at radius 2 is 1.87 bits per heavy atom. The number of hydrogen-bond donors (Lipinski definition) is 2. The van der Waals surface area contributed by atoms with Crippen LogP contribution in [0.5, 0.6) is 5.75 Å². The molecule has 0 radical (unpaired) electrons. The van der Waals surface area contributed by atoms with Crippen molar-refractivity contribution in [3.05, 3.63) is 82.6 Å². The number of benzene rings is 2.